The van der Waals surface area contributed by atoms with Gasteiger partial charge in [0, 0.05) is 12.8 Å². The lowest BCUT2D eigenvalue weighted by atomic mass is 9.85. The summed E-state index contributed by atoms with van der Waals surface area (Å²) < 4.78 is 49.3. The number of carbonyl (C=O) groups excluding carboxylic acids is 2. The first kappa shape index (κ1) is 61.7. The highest BCUT2D eigenvalue weighted by molar-refractivity contribution is 7.47. The van der Waals surface area contributed by atoms with Gasteiger partial charge < -0.3 is 49.7 Å². The van der Waals surface area contributed by atoms with Crippen molar-refractivity contribution in [1.29, 1.82) is 0 Å². The van der Waals surface area contributed by atoms with Gasteiger partial charge in [0.1, 0.15) is 43.2 Å². The van der Waals surface area contributed by atoms with E-state index in [2.05, 4.69) is 54.0 Å². The fraction of sp³-hybridized carbons (Fsp3) is 0.745. The molecule has 382 valence electrons. The zero-order valence-electron chi connectivity index (χ0n) is 39.2. The Morgan fingerprint density at radius 1 is 0.545 bits per heavy atom. The summed E-state index contributed by atoms with van der Waals surface area (Å²) in [5.74, 6) is -1.29. The van der Waals surface area contributed by atoms with Crippen LogP contribution in [0.25, 0.3) is 0 Å². The predicted octanol–water partition coefficient (Wildman–Crippen LogP) is 8.03. The Kier molecular flexibility index (Phi) is 35.1. The number of esters is 2. The Hall–Kier alpha value is -2.34. The normalized spacial score (nSPS) is 22.5. The van der Waals surface area contributed by atoms with E-state index in [0.29, 0.717) is 19.3 Å². The molecule has 9 atom stereocenters. The van der Waals surface area contributed by atoms with Gasteiger partial charge in [-0.25, -0.2) is 9.13 Å². The molecule has 0 radical (unpaired) electrons. The van der Waals surface area contributed by atoms with Crippen LogP contribution in [-0.4, -0.2) is 114 Å². The van der Waals surface area contributed by atoms with Crippen LogP contribution in [0.3, 0.4) is 0 Å². The summed E-state index contributed by atoms with van der Waals surface area (Å²) >= 11 is 0. The van der Waals surface area contributed by atoms with Gasteiger partial charge in [0.25, 0.3) is 0 Å². The molecule has 0 aromatic carbocycles. The molecule has 0 aliphatic heterocycles. The summed E-state index contributed by atoms with van der Waals surface area (Å²) in [6, 6.07) is 0. The molecule has 1 aliphatic carbocycles. The van der Waals surface area contributed by atoms with Crippen LogP contribution in [0.2, 0.25) is 0 Å². The lowest BCUT2D eigenvalue weighted by Gasteiger charge is -2.43. The van der Waals surface area contributed by atoms with Crippen LogP contribution in [-0.2, 0) is 41.8 Å². The third kappa shape index (κ3) is 32.4. The molecule has 1 rings (SSSR count). The van der Waals surface area contributed by atoms with E-state index >= 15 is 0 Å². The molecule has 1 saturated carbocycles. The van der Waals surface area contributed by atoms with E-state index in [-0.39, 0.29) is 18.9 Å². The summed E-state index contributed by atoms with van der Waals surface area (Å²) in [5.41, 5.74) is 0. The van der Waals surface area contributed by atoms with Crippen molar-refractivity contribution in [3.63, 3.8) is 0 Å². The van der Waals surface area contributed by atoms with Crippen LogP contribution in [0.5, 0.6) is 0 Å². The minimum atomic E-state index is -5.37. The van der Waals surface area contributed by atoms with Gasteiger partial charge in [-0.3, -0.25) is 23.2 Å². The Labute approximate surface area is 392 Å². The van der Waals surface area contributed by atoms with Gasteiger partial charge in [0.05, 0.1) is 12.7 Å². The number of allylic oxidation sites excluding steroid dienone is 10. The second kappa shape index (κ2) is 37.5. The number of phosphoric acid groups is 2. The van der Waals surface area contributed by atoms with Gasteiger partial charge in [0.2, 0.25) is 0 Å². The summed E-state index contributed by atoms with van der Waals surface area (Å²) in [5, 5.41) is 50.5. The minimum Gasteiger partial charge on any atom is -0.462 e. The molecule has 0 amide bonds. The molecule has 0 heterocycles. The maximum Gasteiger partial charge on any atom is 0.472 e. The number of hydrogen-bond donors (Lipinski definition) is 8. The lowest BCUT2D eigenvalue weighted by molar-refractivity contribution is -0.216. The van der Waals surface area contributed by atoms with Crippen LogP contribution in [0.15, 0.2) is 60.8 Å². The first-order valence-electron chi connectivity index (χ1n) is 23.9. The zero-order valence-corrected chi connectivity index (χ0v) is 41.0. The number of aliphatic hydroxyl groups excluding tert-OH is 5. The molecule has 19 heteroatoms. The highest BCUT2D eigenvalue weighted by atomic mass is 31.2. The van der Waals surface area contributed by atoms with Gasteiger partial charge in [-0.05, 0) is 84.0 Å². The monoisotopic (exact) mass is 981 g/mol. The van der Waals surface area contributed by atoms with Crippen LogP contribution in [0, 0.1) is 0 Å². The fourth-order valence-corrected chi connectivity index (χ4v) is 8.46. The SMILES string of the molecule is CC/C=C\CCCCCCCCCCCCCC(=O)O[C@H](COC(=O)CCC/C=C\C/C=C\C/C=C\C/C=C\CCC[C@@H](C)O)COP(=O)(O)O[C@H]1C(O)C(O)C(O)[C@@H](OP(=O)(O)O)C1O. The van der Waals surface area contributed by atoms with E-state index in [1.54, 1.807) is 6.92 Å². The Bertz CT molecular complexity index is 1530. The molecule has 0 saturated heterocycles. The smallest absolute Gasteiger partial charge is 0.462 e. The number of aliphatic hydroxyl groups is 5. The predicted molar refractivity (Wildman–Crippen MR) is 252 cm³/mol. The minimum absolute atomic E-state index is 0.0233. The van der Waals surface area contributed by atoms with E-state index in [9.17, 15) is 58.9 Å². The van der Waals surface area contributed by atoms with Crippen LogP contribution < -0.4 is 0 Å². The van der Waals surface area contributed by atoms with E-state index in [1.807, 2.05) is 18.2 Å². The van der Waals surface area contributed by atoms with E-state index < -0.39 is 83.5 Å². The zero-order chi connectivity index (χ0) is 49.1. The van der Waals surface area contributed by atoms with Gasteiger partial charge in [-0.2, -0.15) is 0 Å². The second-order valence-electron chi connectivity index (χ2n) is 16.7. The number of carbonyl (C=O) groups is 2. The molecule has 0 aromatic rings. The quantitative estimate of drug-likeness (QED) is 0.0125. The van der Waals surface area contributed by atoms with Gasteiger partial charge in [-0.15, -0.1) is 0 Å². The van der Waals surface area contributed by atoms with Crippen LogP contribution >= 0.6 is 15.6 Å². The molecule has 0 bridgehead atoms. The average molecular weight is 981 g/mol. The molecule has 1 aliphatic rings. The van der Waals surface area contributed by atoms with Crippen molar-refractivity contribution < 1.29 is 82.0 Å². The number of hydrogen-bond acceptors (Lipinski definition) is 14. The Balaban J connectivity index is 2.62. The summed E-state index contributed by atoms with van der Waals surface area (Å²) in [6.45, 7) is 2.53. The highest BCUT2D eigenvalue weighted by Gasteiger charge is 2.54. The number of rotatable bonds is 39. The standard InChI is InChI=1S/C47H82O17P2/c1-3-4-5-6-7-8-9-10-12-17-20-23-26-29-32-35-41(50)62-39(37-61-66(58,59)64-47-44(53)42(51)43(52)46(45(47)54)63-65(55,56)57)36-60-40(49)34-31-28-25-22-19-16-14-11-13-15-18-21-24-27-30-33-38(2)48/h4-5,13-16,21-22,24-25,38-39,42-48,51-54H,3,6-12,17-20,23,26-37H2,1-2H3,(H,58,59)(H2,55,56,57)/b5-4-,15-13-,16-14-,24-21-,25-22-/t38-,39-,42?,43?,44?,45?,46-,47+/m1/s1. The van der Waals surface area contributed by atoms with Crippen LogP contribution in [0.1, 0.15) is 162 Å². The summed E-state index contributed by atoms with van der Waals surface area (Å²) in [6.07, 6.45) is 26.0. The van der Waals surface area contributed by atoms with Crippen molar-refractivity contribution in [3.05, 3.63) is 60.8 Å². The molecule has 8 N–H and O–H groups in total. The Morgan fingerprint density at radius 2 is 1.00 bits per heavy atom. The van der Waals surface area contributed by atoms with Gasteiger partial charge in [0.15, 0.2) is 6.10 Å². The molecular formula is C47H82O17P2. The number of ether oxygens (including phenoxy) is 2. The van der Waals surface area contributed by atoms with Crippen molar-refractivity contribution in [2.45, 2.75) is 210 Å². The third-order valence-electron chi connectivity index (χ3n) is 10.6. The molecule has 5 unspecified atom stereocenters. The van der Waals surface area contributed by atoms with Crippen LogP contribution in [0.4, 0.5) is 0 Å². The van der Waals surface area contributed by atoms with Crippen molar-refractivity contribution in [2.75, 3.05) is 13.2 Å². The second-order valence-corrected chi connectivity index (χ2v) is 19.3. The highest BCUT2D eigenvalue weighted by Crippen LogP contribution is 2.49. The average Bonchev–Trinajstić information content (AvgIpc) is 3.26. The molecule has 0 aromatic heterocycles. The van der Waals surface area contributed by atoms with E-state index in [4.69, 9.17) is 18.5 Å². The first-order chi connectivity index (χ1) is 31.5. The summed E-state index contributed by atoms with van der Waals surface area (Å²) in [7, 11) is -10.7. The van der Waals surface area contributed by atoms with Crippen molar-refractivity contribution in [1.82, 2.24) is 0 Å². The number of phosphoric ester groups is 2. The van der Waals surface area contributed by atoms with Crippen molar-refractivity contribution in [3.8, 4) is 0 Å². The van der Waals surface area contributed by atoms with Crippen molar-refractivity contribution in [2.24, 2.45) is 0 Å². The van der Waals surface area contributed by atoms with E-state index in [0.717, 1.165) is 77.0 Å². The lowest BCUT2D eigenvalue weighted by Crippen LogP contribution is -2.64. The maximum atomic E-state index is 13.0. The van der Waals surface area contributed by atoms with Gasteiger partial charge in [-0.1, -0.05) is 125 Å². The maximum absolute atomic E-state index is 13.0. The molecule has 17 nitrogen and oxygen atoms in total. The van der Waals surface area contributed by atoms with Crippen molar-refractivity contribution >= 4 is 27.6 Å². The molecule has 0 spiro atoms. The van der Waals surface area contributed by atoms with E-state index in [1.165, 1.54) is 38.5 Å². The first-order valence-corrected chi connectivity index (χ1v) is 26.9. The molecule has 1 fully saturated rings. The number of unbranched alkanes of at least 4 members (excludes halogenated alkanes) is 13. The fourth-order valence-electron chi connectivity index (χ4n) is 6.92. The topological polar surface area (TPSA) is 276 Å². The third-order valence-corrected chi connectivity index (χ3v) is 12.1. The largest absolute Gasteiger partial charge is 0.472 e. The Morgan fingerprint density at radius 3 is 1.53 bits per heavy atom. The molecule has 66 heavy (non-hydrogen) atoms. The molecular weight excluding hydrogens is 898 g/mol. The van der Waals surface area contributed by atoms with Gasteiger partial charge >= 0.3 is 27.6 Å². The summed E-state index contributed by atoms with van der Waals surface area (Å²) in [4.78, 5) is 54.3.